The Morgan fingerprint density at radius 1 is 0.575 bits per heavy atom. The number of hydrogen-bond acceptors (Lipinski definition) is 12. The minimum Gasteiger partial charge on any atom is -0.387 e. The van der Waals surface area contributed by atoms with Gasteiger partial charge in [-0.2, -0.15) is 0 Å². The first-order valence-electron chi connectivity index (χ1n) is 13.2. The fourth-order valence-electron chi connectivity index (χ4n) is 5.13. The first-order valence-corrected chi connectivity index (χ1v) is 13.2. The van der Waals surface area contributed by atoms with Crippen LogP contribution in [0.2, 0.25) is 0 Å². The van der Waals surface area contributed by atoms with Crippen molar-refractivity contribution in [1.29, 1.82) is 0 Å². The summed E-state index contributed by atoms with van der Waals surface area (Å²) < 4.78 is 34.9. The molecule has 0 radical (unpaired) electrons. The molecule has 2 spiro atoms. The summed E-state index contributed by atoms with van der Waals surface area (Å²) in [5.74, 6) is -3.85. The Balaban J connectivity index is 1.22. The molecule has 3 aliphatic rings. The molecule has 12 nitrogen and oxygen atoms in total. The van der Waals surface area contributed by atoms with Crippen LogP contribution in [0.15, 0.2) is 60.7 Å². The zero-order chi connectivity index (χ0) is 28.3. The van der Waals surface area contributed by atoms with Gasteiger partial charge in [-0.05, 0) is 11.1 Å². The first-order chi connectivity index (χ1) is 19.2. The van der Waals surface area contributed by atoms with Gasteiger partial charge in [0.1, 0.15) is 62.0 Å². The minimum atomic E-state index is -1.92. The van der Waals surface area contributed by atoms with Crippen molar-refractivity contribution in [1.82, 2.24) is 0 Å². The van der Waals surface area contributed by atoms with Crippen molar-refractivity contribution in [2.75, 3.05) is 26.4 Å². The Morgan fingerprint density at radius 3 is 1.30 bits per heavy atom. The van der Waals surface area contributed by atoms with Crippen molar-refractivity contribution in [2.45, 2.75) is 73.6 Å². The lowest BCUT2D eigenvalue weighted by Gasteiger charge is -2.56. The van der Waals surface area contributed by atoms with Crippen LogP contribution in [0.3, 0.4) is 0 Å². The lowest BCUT2D eigenvalue weighted by Crippen LogP contribution is -2.75. The molecule has 0 unspecified atom stereocenters. The standard InChI is InChI=1S/C28H36O12/c29-21-19(13-35-11-17-7-3-1-4-8-17)39-27(25(33)23(21)31)15-38-28(16-37-27)26(34)24(32)22(30)20(40-28)14-36-12-18-9-5-2-6-10-18/h1-10,19-26,29-34H,11-16H2/t19-,20-,21-,22-,23+,24+,25-,26-,27-,28+/m1/s1. The van der Waals surface area contributed by atoms with Crippen LogP contribution >= 0.6 is 0 Å². The lowest BCUT2D eigenvalue weighted by molar-refractivity contribution is -0.468. The van der Waals surface area contributed by atoms with E-state index in [2.05, 4.69) is 0 Å². The maximum absolute atomic E-state index is 10.8. The largest absolute Gasteiger partial charge is 0.387 e. The molecule has 2 aromatic rings. The number of hydrogen-bond donors (Lipinski definition) is 6. The lowest BCUT2D eigenvalue weighted by atomic mass is 9.89. The van der Waals surface area contributed by atoms with E-state index in [1.807, 2.05) is 60.7 Å². The number of aliphatic hydroxyl groups is 6. The van der Waals surface area contributed by atoms with E-state index in [4.69, 9.17) is 28.4 Å². The maximum Gasteiger partial charge on any atom is 0.222 e. The van der Waals surface area contributed by atoms with Crippen molar-refractivity contribution >= 4 is 0 Å². The summed E-state index contributed by atoms with van der Waals surface area (Å²) in [4.78, 5) is 0. The Morgan fingerprint density at radius 2 is 0.950 bits per heavy atom. The van der Waals surface area contributed by atoms with Crippen LogP contribution in [0.4, 0.5) is 0 Å². The highest BCUT2D eigenvalue weighted by atomic mass is 16.8. The van der Waals surface area contributed by atoms with Crippen LogP contribution in [0.25, 0.3) is 0 Å². The van der Waals surface area contributed by atoms with Crippen LogP contribution in [-0.2, 0) is 41.6 Å². The number of ether oxygens (including phenoxy) is 6. The number of benzene rings is 2. The summed E-state index contributed by atoms with van der Waals surface area (Å²) in [5, 5.41) is 63.7. The molecule has 3 aliphatic heterocycles. The fourth-order valence-corrected chi connectivity index (χ4v) is 5.13. The molecule has 0 saturated carbocycles. The third kappa shape index (κ3) is 5.95. The van der Waals surface area contributed by atoms with Gasteiger partial charge in [-0.3, -0.25) is 0 Å². The Kier molecular flexibility index (Phi) is 9.17. The molecule has 12 heteroatoms. The molecule has 3 saturated heterocycles. The zero-order valence-corrected chi connectivity index (χ0v) is 21.8. The molecule has 3 fully saturated rings. The number of aliphatic hydroxyl groups excluding tert-OH is 6. The summed E-state index contributed by atoms with van der Waals surface area (Å²) in [6.07, 6.45) is -11.9. The summed E-state index contributed by atoms with van der Waals surface area (Å²) in [7, 11) is 0. The van der Waals surface area contributed by atoms with Gasteiger partial charge >= 0.3 is 0 Å². The van der Waals surface area contributed by atoms with Crippen molar-refractivity contribution < 1.29 is 59.1 Å². The van der Waals surface area contributed by atoms with E-state index in [0.29, 0.717) is 0 Å². The topological polar surface area (TPSA) is 177 Å². The third-order valence-electron chi connectivity index (χ3n) is 7.53. The summed E-state index contributed by atoms with van der Waals surface area (Å²) in [5.41, 5.74) is 1.79. The Labute approximate surface area is 231 Å². The second kappa shape index (κ2) is 12.4. The van der Waals surface area contributed by atoms with E-state index in [1.165, 1.54) is 0 Å². The van der Waals surface area contributed by atoms with Crippen molar-refractivity contribution in [3.05, 3.63) is 71.8 Å². The van der Waals surface area contributed by atoms with E-state index < -0.39 is 73.6 Å². The monoisotopic (exact) mass is 564 g/mol. The Bertz CT molecular complexity index is 978. The van der Waals surface area contributed by atoms with Crippen LogP contribution < -0.4 is 0 Å². The molecule has 220 valence electrons. The molecule has 2 aromatic carbocycles. The highest BCUT2D eigenvalue weighted by molar-refractivity contribution is 5.14. The molecule has 0 amide bonds. The van der Waals surface area contributed by atoms with Gasteiger partial charge in [0, 0.05) is 0 Å². The molecule has 5 rings (SSSR count). The number of rotatable bonds is 8. The van der Waals surface area contributed by atoms with Crippen LogP contribution in [0, 0.1) is 0 Å². The molecule has 0 aliphatic carbocycles. The van der Waals surface area contributed by atoms with Gasteiger partial charge in [0.2, 0.25) is 11.6 Å². The molecule has 10 atom stereocenters. The van der Waals surface area contributed by atoms with Gasteiger partial charge in [-0.15, -0.1) is 0 Å². The molecule has 40 heavy (non-hydrogen) atoms. The van der Waals surface area contributed by atoms with E-state index in [0.717, 1.165) is 11.1 Å². The van der Waals surface area contributed by atoms with Gasteiger partial charge < -0.3 is 59.1 Å². The SMILES string of the molecule is O[C@H]1[C@H](O)[C@@H](COCc2ccccc2)O[C@@]2(CO[C@]3(CO2)O[C@H](COCc2ccccc2)[C@@H](O)[C@H](O)[C@H]3O)[C@@H]1O. The second-order valence-corrected chi connectivity index (χ2v) is 10.4. The van der Waals surface area contributed by atoms with E-state index >= 15 is 0 Å². The van der Waals surface area contributed by atoms with Crippen LogP contribution in [-0.4, -0.2) is 117 Å². The second-order valence-electron chi connectivity index (χ2n) is 10.4. The van der Waals surface area contributed by atoms with E-state index in [1.54, 1.807) is 0 Å². The molecular formula is C28H36O12. The van der Waals surface area contributed by atoms with Gasteiger partial charge in [-0.1, -0.05) is 60.7 Å². The Hall–Kier alpha value is -2.04. The quantitative estimate of drug-likeness (QED) is 0.227. The summed E-state index contributed by atoms with van der Waals surface area (Å²) in [6, 6.07) is 18.7. The average Bonchev–Trinajstić information content (AvgIpc) is 2.98. The van der Waals surface area contributed by atoms with Gasteiger partial charge in [0.25, 0.3) is 0 Å². The highest BCUT2D eigenvalue weighted by Gasteiger charge is 2.63. The van der Waals surface area contributed by atoms with Gasteiger partial charge in [0.15, 0.2) is 0 Å². The van der Waals surface area contributed by atoms with E-state index in [9.17, 15) is 30.6 Å². The molecular weight excluding hydrogens is 528 g/mol. The van der Waals surface area contributed by atoms with Gasteiger partial charge in [0.05, 0.1) is 26.4 Å². The van der Waals surface area contributed by atoms with Crippen LogP contribution in [0.5, 0.6) is 0 Å². The molecule has 0 bridgehead atoms. The highest BCUT2D eigenvalue weighted by Crippen LogP contribution is 2.41. The predicted molar refractivity (Wildman–Crippen MR) is 135 cm³/mol. The summed E-state index contributed by atoms with van der Waals surface area (Å²) >= 11 is 0. The van der Waals surface area contributed by atoms with Crippen molar-refractivity contribution in [2.24, 2.45) is 0 Å². The zero-order valence-electron chi connectivity index (χ0n) is 21.8. The first kappa shape index (κ1) is 29.5. The fraction of sp³-hybridized carbons (Fsp3) is 0.571. The van der Waals surface area contributed by atoms with Gasteiger partial charge in [-0.25, -0.2) is 0 Å². The molecule has 0 aromatic heterocycles. The van der Waals surface area contributed by atoms with Crippen molar-refractivity contribution in [3.63, 3.8) is 0 Å². The third-order valence-corrected chi connectivity index (χ3v) is 7.53. The normalized spacial score (nSPS) is 40.0. The smallest absolute Gasteiger partial charge is 0.222 e. The van der Waals surface area contributed by atoms with Crippen molar-refractivity contribution in [3.8, 4) is 0 Å². The van der Waals surface area contributed by atoms with E-state index in [-0.39, 0.29) is 26.4 Å². The molecule has 3 heterocycles. The summed E-state index contributed by atoms with van der Waals surface area (Å²) in [6.45, 7) is -0.863. The predicted octanol–water partition coefficient (Wildman–Crippen LogP) is -1.18. The average molecular weight is 565 g/mol. The maximum atomic E-state index is 10.8. The van der Waals surface area contributed by atoms with Crippen LogP contribution in [0.1, 0.15) is 11.1 Å². The molecule has 6 N–H and O–H groups in total. The minimum absolute atomic E-state index is 0.124.